The van der Waals surface area contributed by atoms with Gasteiger partial charge in [-0.3, -0.25) is 9.89 Å². The van der Waals surface area contributed by atoms with Crippen LogP contribution in [0.4, 0.5) is 5.82 Å². The molecule has 4 rings (SSSR count). The number of ketones is 1. The van der Waals surface area contributed by atoms with Crippen molar-refractivity contribution in [1.29, 1.82) is 0 Å². The molecule has 1 aliphatic heterocycles. The molecule has 0 bridgehead atoms. The highest BCUT2D eigenvalue weighted by Crippen LogP contribution is 2.53. The largest absolute Gasteiger partial charge is 0.342 e. The molecule has 28 heavy (non-hydrogen) atoms. The number of carbonyl (C=O) groups is 1. The molecule has 2 N–H and O–H groups in total. The Bertz CT molecular complexity index is 959. The number of aromatic nitrogens is 2. The van der Waals surface area contributed by atoms with E-state index in [1.165, 1.54) is 0 Å². The summed E-state index contributed by atoms with van der Waals surface area (Å²) in [5, 5.41) is 11.5. The molecule has 4 nitrogen and oxygen atoms in total. The van der Waals surface area contributed by atoms with Crippen LogP contribution in [0.2, 0.25) is 0 Å². The molecule has 0 unspecified atom stereocenters. The zero-order chi connectivity index (χ0) is 20.3. The molecule has 0 fully saturated rings. The zero-order valence-electron chi connectivity index (χ0n) is 17.9. The summed E-state index contributed by atoms with van der Waals surface area (Å²) in [6.45, 7) is 13.2. The average Bonchev–Trinajstić information content (AvgIpc) is 2.95. The minimum Gasteiger partial charge on any atom is -0.342 e. The summed E-state index contributed by atoms with van der Waals surface area (Å²) in [4.78, 5) is 13.4. The second kappa shape index (κ2) is 6.07. The van der Waals surface area contributed by atoms with Gasteiger partial charge in [-0.25, -0.2) is 0 Å². The lowest BCUT2D eigenvalue weighted by molar-refractivity contribution is -0.118. The molecule has 1 atom stereocenters. The number of rotatable bonds is 2. The van der Waals surface area contributed by atoms with E-state index in [0.29, 0.717) is 6.42 Å². The molecule has 1 aromatic carbocycles. The van der Waals surface area contributed by atoms with Gasteiger partial charge in [-0.05, 0) is 36.2 Å². The minimum absolute atomic E-state index is 0.0391. The second-order valence-corrected chi connectivity index (χ2v) is 10.6. The first kappa shape index (κ1) is 19.0. The smallest absolute Gasteiger partial charge is 0.162 e. The SMILES string of the molecule is CC(C)(C)Cc1[nH]nc2c1[C@](C)(c1ccccc1)C1=C(CC(C)(C)CC1=O)N2. The van der Waals surface area contributed by atoms with E-state index in [1.54, 1.807) is 0 Å². The molecule has 0 saturated heterocycles. The molecular weight excluding hydrogens is 346 g/mol. The molecule has 0 amide bonds. The Morgan fingerprint density at radius 1 is 1.07 bits per heavy atom. The Hall–Kier alpha value is -2.36. The monoisotopic (exact) mass is 377 g/mol. The average molecular weight is 378 g/mol. The lowest BCUT2D eigenvalue weighted by Crippen LogP contribution is -2.42. The maximum Gasteiger partial charge on any atom is 0.162 e. The van der Waals surface area contributed by atoms with Gasteiger partial charge in [0.1, 0.15) is 0 Å². The molecule has 1 aliphatic carbocycles. The van der Waals surface area contributed by atoms with Crippen LogP contribution in [0.3, 0.4) is 0 Å². The van der Waals surface area contributed by atoms with Crippen molar-refractivity contribution in [3.63, 3.8) is 0 Å². The molecule has 2 aromatic rings. The van der Waals surface area contributed by atoms with Gasteiger partial charge in [0.05, 0.1) is 5.41 Å². The normalized spacial score (nSPS) is 23.9. The molecule has 1 aromatic heterocycles. The fourth-order valence-corrected chi connectivity index (χ4v) is 5.00. The topological polar surface area (TPSA) is 57.8 Å². The van der Waals surface area contributed by atoms with Crippen molar-refractivity contribution >= 4 is 11.6 Å². The minimum atomic E-state index is -0.502. The third-order valence-electron chi connectivity index (χ3n) is 6.04. The Kier molecular flexibility index (Phi) is 4.11. The highest BCUT2D eigenvalue weighted by Gasteiger charge is 2.49. The fourth-order valence-electron chi connectivity index (χ4n) is 5.00. The van der Waals surface area contributed by atoms with E-state index in [0.717, 1.165) is 46.8 Å². The van der Waals surface area contributed by atoms with E-state index >= 15 is 0 Å². The van der Waals surface area contributed by atoms with Crippen LogP contribution < -0.4 is 5.32 Å². The molecule has 0 radical (unpaired) electrons. The predicted molar refractivity (Wildman–Crippen MR) is 113 cm³/mol. The van der Waals surface area contributed by atoms with Crippen LogP contribution in [0.25, 0.3) is 0 Å². The number of nitrogens with zero attached hydrogens (tertiary/aromatic N) is 1. The standard InChI is InChI=1S/C24H31N3O/c1-22(2,3)12-17-20-21(27-26-17)25-16-13-23(4,5)14-18(28)19(16)24(20,6)15-10-8-7-9-11-15/h7-11H,12-14H2,1-6H3,(H2,25,26,27)/t24-/m1/s1. The summed E-state index contributed by atoms with van der Waals surface area (Å²) in [5.41, 5.74) is 4.92. The van der Waals surface area contributed by atoms with Crippen molar-refractivity contribution in [2.24, 2.45) is 10.8 Å². The van der Waals surface area contributed by atoms with E-state index in [-0.39, 0.29) is 16.6 Å². The van der Waals surface area contributed by atoms with Crippen molar-refractivity contribution in [3.05, 3.63) is 58.4 Å². The number of Topliss-reactive ketones (excluding diaryl/α,β-unsaturated/α-hetero) is 1. The van der Waals surface area contributed by atoms with E-state index in [2.05, 4.69) is 81.3 Å². The number of hydrogen-bond donors (Lipinski definition) is 2. The number of hydrogen-bond acceptors (Lipinski definition) is 3. The molecule has 2 aliphatic rings. The summed E-state index contributed by atoms with van der Waals surface area (Å²) < 4.78 is 0. The van der Waals surface area contributed by atoms with E-state index in [1.807, 2.05) is 6.07 Å². The lowest BCUT2D eigenvalue weighted by Gasteiger charge is -2.44. The zero-order valence-corrected chi connectivity index (χ0v) is 17.9. The molecule has 148 valence electrons. The predicted octanol–water partition coefficient (Wildman–Crippen LogP) is 5.37. The van der Waals surface area contributed by atoms with E-state index in [9.17, 15) is 4.79 Å². The highest BCUT2D eigenvalue weighted by molar-refractivity contribution is 6.02. The fraction of sp³-hybridized carbons (Fsp3) is 0.500. The van der Waals surface area contributed by atoms with Gasteiger partial charge in [0.2, 0.25) is 0 Å². The molecule has 0 saturated carbocycles. The Labute approximate surface area is 167 Å². The van der Waals surface area contributed by atoms with Gasteiger partial charge in [-0.15, -0.1) is 0 Å². The Morgan fingerprint density at radius 2 is 1.75 bits per heavy atom. The molecular formula is C24H31N3O. The third-order valence-corrected chi connectivity index (χ3v) is 6.04. The third kappa shape index (κ3) is 2.99. The van der Waals surface area contributed by atoms with Gasteiger partial charge in [0.15, 0.2) is 11.6 Å². The summed E-state index contributed by atoms with van der Waals surface area (Å²) in [5.74, 6) is 1.12. The Balaban J connectivity index is 1.98. The summed E-state index contributed by atoms with van der Waals surface area (Å²) >= 11 is 0. The van der Waals surface area contributed by atoms with Crippen LogP contribution in [0.15, 0.2) is 41.6 Å². The van der Waals surface area contributed by atoms with Gasteiger partial charge in [-0.2, -0.15) is 5.10 Å². The summed E-state index contributed by atoms with van der Waals surface area (Å²) in [6.07, 6.45) is 2.32. The number of nitrogens with one attached hydrogen (secondary N) is 2. The maximum atomic E-state index is 13.4. The number of anilines is 1. The van der Waals surface area contributed by atoms with E-state index in [4.69, 9.17) is 0 Å². The Morgan fingerprint density at radius 3 is 2.39 bits per heavy atom. The molecule has 4 heteroatoms. The van der Waals surface area contributed by atoms with Gasteiger partial charge in [-0.1, -0.05) is 65.0 Å². The van der Waals surface area contributed by atoms with Crippen molar-refractivity contribution in [3.8, 4) is 0 Å². The quantitative estimate of drug-likeness (QED) is 0.739. The van der Waals surface area contributed by atoms with Crippen molar-refractivity contribution in [2.75, 3.05) is 5.32 Å². The number of fused-ring (bicyclic) bond motifs is 1. The second-order valence-electron chi connectivity index (χ2n) is 10.6. The van der Waals surface area contributed by atoms with Crippen LogP contribution in [0, 0.1) is 10.8 Å². The van der Waals surface area contributed by atoms with Crippen molar-refractivity contribution in [2.45, 2.75) is 66.2 Å². The number of aromatic amines is 1. The first-order chi connectivity index (χ1) is 13.0. The van der Waals surface area contributed by atoms with E-state index < -0.39 is 5.41 Å². The van der Waals surface area contributed by atoms with Crippen molar-refractivity contribution in [1.82, 2.24) is 10.2 Å². The van der Waals surface area contributed by atoms with Gasteiger partial charge < -0.3 is 5.32 Å². The van der Waals surface area contributed by atoms with Gasteiger partial charge >= 0.3 is 0 Å². The summed E-state index contributed by atoms with van der Waals surface area (Å²) in [7, 11) is 0. The first-order valence-electron chi connectivity index (χ1n) is 10.2. The van der Waals surface area contributed by atoms with Crippen LogP contribution in [0.5, 0.6) is 0 Å². The lowest BCUT2D eigenvalue weighted by atomic mass is 9.61. The van der Waals surface area contributed by atoms with Crippen LogP contribution in [0.1, 0.15) is 71.2 Å². The van der Waals surface area contributed by atoms with Crippen LogP contribution in [-0.4, -0.2) is 16.0 Å². The maximum absolute atomic E-state index is 13.4. The van der Waals surface area contributed by atoms with Gasteiger partial charge in [0.25, 0.3) is 0 Å². The number of H-pyrrole nitrogens is 1. The molecule has 0 spiro atoms. The van der Waals surface area contributed by atoms with Crippen LogP contribution >= 0.6 is 0 Å². The van der Waals surface area contributed by atoms with Crippen molar-refractivity contribution < 1.29 is 4.79 Å². The number of carbonyl (C=O) groups excluding carboxylic acids is 1. The first-order valence-corrected chi connectivity index (χ1v) is 10.2. The highest BCUT2D eigenvalue weighted by atomic mass is 16.1. The van der Waals surface area contributed by atoms with Gasteiger partial charge in [0, 0.05) is 28.9 Å². The summed E-state index contributed by atoms with van der Waals surface area (Å²) in [6, 6.07) is 10.4. The van der Waals surface area contributed by atoms with Crippen LogP contribution in [-0.2, 0) is 16.6 Å². The number of allylic oxidation sites excluding steroid dienone is 2. The molecule has 2 heterocycles. The number of benzene rings is 1.